The maximum Gasteiger partial charge on any atom is 0.0547 e. The first-order chi connectivity index (χ1) is 8.72. The van der Waals surface area contributed by atoms with Crippen molar-refractivity contribution in [3.8, 4) is 0 Å². The fourth-order valence-corrected chi connectivity index (χ4v) is 3.41. The molecule has 2 rings (SSSR count). The average molecular weight is 420 g/mol. The highest BCUT2D eigenvalue weighted by Gasteiger charge is 2.20. The highest BCUT2D eigenvalue weighted by Crippen LogP contribution is 2.35. The third-order valence-electron chi connectivity index (χ3n) is 3.31. The highest BCUT2D eigenvalue weighted by atomic mass is 127. The van der Waals surface area contributed by atoms with Crippen LogP contribution in [0.2, 0.25) is 0 Å². The van der Waals surface area contributed by atoms with Crippen LogP contribution < -0.4 is 5.32 Å². The number of benzene rings is 1. The molecule has 0 aromatic heterocycles. The molecule has 1 atom stereocenters. The lowest BCUT2D eigenvalue weighted by molar-refractivity contribution is 0.577. The van der Waals surface area contributed by atoms with Crippen molar-refractivity contribution < 1.29 is 0 Å². The Morgan fingerprint density at radius 3 is 2.94 bits per heavy atom. The summed E-state index contributed by atoms with van der Waals surface area (Å²) in [5, 5.41) is 3.69. The fourth-order valence-electron chi connectivity index (χ4n) is 2.42. The number of halogens is 2. The van der Waals surface area contributed by atoms with Crippen molar-refractivity contribution in [2.45, 2.75) is 38.6 Å². The monoisotopic (exact) mass is 419 g/mol. The van der Waals surface area contributed by atoms with Gasteiger partial charge in [0.15, 0.2) is 0 Å². The molecule has 1 aliphatic rings. The fraction of sp³-hybridized carbons (Fsp3) is 0.467. The molecular formula is C15H19BrIN. The Morgan fingerprint density at radius 2 is 2.28 bits per heavy atom. The van der Waals surface area contributed by atoms with Gasteiger partial charge in [-0.25, -0.2) is 0 Å². The smallest absolute Gasteiger partial charge is 0.0547 e. The molecule has 0 aliphatic heterocycles. The molecule has 98 valence electrons. The second-order valence-electron chi connectivity index (χ2n) is 4.72. The normalized spacial score (nSPS) is 16.7. The number of rotatable bonds is 5. The van der Waals surface area contributed by atoms with Gasteiger partial charge in [-0.3, -0.25) is 0 Å². The molecule has 0 heterocycles. The summed E-state index contributed by atoms with van der Waals surface area (Å²) >= 11 is 6.09. The lowest BCUT2D eigenvalue weighted by atomic mass is 9.98. The Kier molecular flexibility index (Phi) is 5.70. The zero-order chi connectivity index (χ0) is 13.0. The summed E-state index contributed by atoms with van der Waals surface area (Å²) in [4.78, 5) is 0. The van der Waals surface area contributed by atoms with E-state index in [1.807, 2.05) is 0 Å². The lowest BCUT2D eigenvalue weighted by Crippen LogP contribution is -2.24. The molecule has 0 amide bonds. The first-order valence-corrected chi connectivity index (χ1v) is 8.46. The van der Waals surface area contributed by atoms with E-state index in [4.69, 9.17) is 0 Å². The minimum atomic E-state index is 0.386. The van der Waals surface area contributed by atoms with Crippen LogP contribution in [0, 0.1) is 3.57 Å². The van der Waals surface area contributed by atoms with Crippen molar-refractivity contribution in [3.63, 3.8) is 0 Å². The van der Waals surface area contributed by atoms with Crippen LogP contribution in [-0.2, 0) is 0 Å². The quantitative estimate of drug-likeness (QED) is 0.510. The zero-order valence-corrected chi connectivity index (χ0v) is 14.4. The zero-order valence-electron chi connectivity index (χ0n) is 10.7. The van der Waals surface area contributed by atoms with Crippen LogP contribution in [0.3, 0.4) is 0 Å². The van der Waals surface area contributed by atoms with Crippen LogP contribution in [0.25, 0.3) is 0 Å². The number of hydrogen-bond acceptors (Lipinski definition) is 1. The Balaban J connectivity index is 2.29. The molecule has 0 saturated heterocycles. The number of hydrogen-bond donors (Lipinski definition) is 1. The molecule has 0 saturated carbocycles. The van der Waals surface area contributed by atoms with E-state index >= 15 is 0 Å². The van der Waals surface area contributed by atoms with Crippen molar-refractivity contribution >= 4 is 38.5 Å². The molecular weight excluding hydrogens is 401 g/mol. The standard InChI is InChI=1S/C15H19BrIN/c1-2-9-18-15(11-5-3-4-6-11)13-10-12(17)7-8-14(13)16/h5,7-8,10,15,18H,2-4,6,9H2,1H3. The Morgan fingerprint density at radius 1 is 1.44 bits per heavy atom. The van der Waals surface area contributed by atoms with Crippen LogP contribution in [0.15, 0.2) is 34.3 Å². The van der Waals surface area contributed by atoms with Crippen molar-refractivity contribution in [2.75, 3.05) is 6.54 Å². The molecule has 1 aromatic carbocycles. The molecule has 3 heteroatoms. The van der Waals surface area contributed by atoms with Gasteiger partial charge in [0.05, 0.1) is 6.04 Å². The van der Waals surface area contributed by atoms with Crippen LogP contribution in [-0.4, -0.2) is 6.54 Å². The van der Waals surface area contributed by atoms with E-state index in [0.29, 0.717) is 6.04 Å². The predicted molar refractivity (Wildman–Crippen MR) is 89.8 cm³/mol. The van der Waals surface area contributed by atoms with Gasteiger partial charge in [0, 0.05) is 8.04 Å². The largest absolute Gasteiger partial charge is 0.306 e. The molecule has 1 nitrogen and oxygen atoms in total. The van der Waals surface area contributed by atoms with Gasteiger partial charge in [0.1, 0.15) is 0 Å². The van der Waals surface area contributed by atoms with Crippen LogP contribution in [0.4, 0.5) is 0 Å². The van der Waals surface area contributed by atoms with Gasteiger partial charge < -0.3 is 5.32 Å². The van der Waals surface area contributed by atoms with E-state index in [1.54, 1.807) is 5.57 Å². The number of allylic oxidation sites excluding steroid dienone is 1. The predicted octanol–water partition coefficient (Wildman–Crippen LogP) is 5.20. The summed E-state index contributed by atoms with van der Waals surface area (Å²) in [5.74, 6) is 0. The van der Waals surface area contributed by atoms with E-state index in [1.165, 1.54) is 39.3 Å². The second-order valence-corrected chi connectivity index (χ2v) is 6.82. The topological polar surface area (TPSA) is 12.0 Å². The van der Waals surface area contributed by atoms with Gasteiger partial charge in [-0.2, -0.15) is 0 Å². The van der Waals surface area contributed by atoms with E-state index in [2.05, 4.69) is 75.0 Å². The molecule has 18 heavy (non-hydrogen) atoms. The van der Waals surface area contributed by atoms with Crippen LogP contribution in [0.5, 0.6) is 0 Å². The van der Waals surface area contributed by atoms with Gasteiger partial charge in [-0.05, 0) is 78.6 Å². The summed E-state index contributed by atoms with van der Waals surface area (Å²) in [5.41, 5.74) is 2.94. The van der Waals surface area contributed by atoms with Gasteiger partial charge >= 0.3 is 0 Å². The van der Waals surface area contributed by atoms with Gasteiger partial charge in [0.2, 0.25) is 0 Å². The minimum Gasteiger partial charge on any atom is -0.306 e. The van der Waals surface area contributed by atoms with Crippen molar-refractivity contribution in [2.24, 2.45) is 0 Å². The molecule has 1 N–H and O–H groups in total. The summed E-state index contributed by atoms with van der Waals surface area (Å²) in [6.07, 6.45) is 7.37. The van der Waals surface area contributed by atoms with Crippen molar-refractivity contribution in [1.82, 2.24) is 5.32 Å². The highest BCUT2D eigenvalue weighted by molar-refractivity contribution is 14.1. The van der Waals surface area contributed by atoms with Crippen LogP contribution >= 0.6 is 38.5 Å². The molecule has 1 unspecified atom stereocenters. The van der Waals surface area contributed by atoms with Gasteiger partial charge in [-0.15, -0.1) is 0 Å². The summed E-state index contributed by atoms with van der Waals surface area (Å²) in [6, 6.07) is 6.98. The Hall–Kier alpha value is 0.130. The Labute approximate surface area is 132 Å². The third kappa shape index (κ3) is 3.58. The molecule has 0 radical (unpaired) electrons. The minimum absolute atomic E-state index is 0.386. The first kappa shape index (κ1) is 14.5. The second kappa shape index (κ2) is 7.06. The molecule has 1 aromatic rings. The van der Waals surface area contributed by atoms with E-state index in [9.17, 15) is 0 Å². The van der Waals surface area contributed by atoms with Gasteiger partial charge in [-0.1, -0.05) is 34.5 Å². The van der Waals surface area contributed by atoms with Crippen LogP contribution in [0.1, 0.15) is 44.2 Å². The van der Waals surface area contributed by atoms with E-state index < -0.39 is 0 Å². The first-order valence-electron chi connectivity index (χ1n) is 6.59. The maximum atomic E-state index is 3.70. The maximum absolute atomic E-state index is 3.70. The van der Waals surface area contributed by atoms with E-state index in [-0.39, 0.29) is 0 Å². The van der Waals surface area contributed by atoms with Crippen molar-refractivity contribution in [3.05, 3.63) is 43.5 Å². The Bertz CT molecular complexity index is 442. The summed E-state index contributed by atoms with van der Waals surface area (Å²) in [7, 11) is 0. The number of nitrogens with one attached hydrogen (secondary N) is 1. The summed E-state index contributed by atoms with van der Waals surface area (Å²) in [6.45, 7) is 3.29. The van der Waals surface area contributed by atoms with E-state index in [0.717, 1.165) is 6.54 Å². The summed E-state index contributed by atoms with van der Waals surface area (Å²) < 4.78 is 2.51. The lowest BCUT2D eigenvalue weighted by Gasteiger charge is -2.22. The van der Waals surface area contributed by atoms with Crippen molar-refractivity contribution in [1.29, 1.82) is 0 Å². The average Bonchev–Trinajstić information content (AvgIpc) is 2.88. The van der Waals surface area contributed by atoms with Gasteiger partial charge in [0.25, 0.3) is 0 Å². The molecule has 1 aliphatic carbocycles. The molecule has 0 spiro atoms. The SMILES string of the molecule is CCCNC(C1=CCCC1)c1cc(I)ccc1Br. The molecule has 0 bridgehead atoms. The molecule has 0 fully saturated rings. The third-order valence-corrected chi connectivity index (χ3v) is 4.71.